The van der Waals surface area contributed by atoms with Gasteiger partial charge in [-0.25, -0.2) is 0 Å². The van der Waals surface area contributed by atoms with Crippen molar-refractivity contribution in [2.75, 3.05) is 39.2 Å². The predicted octanol–water partition coefficient (Wildman–Crippen LogP) is 0.781. The third-order valence-electron chi connectivity index (χ3n) is 3.86. The molecular weight excluding hydrogens is 254 g/mol. The van der Waals surface area contributed by atoms with Crippen LogP contribution in [0.25, 0.3) is 0 Å². The van der Waals surface area contributed by atoms with E-state index in [4.69, 9.17) is 5.84 Å². The molecule has 0 bridgehead atoms. The average molecular weight is 277 g/mol. The van der Waals surface area contributed by atoms with Crippen LogP contribution in [0.4, 0.5) is 5.69 Å². The summed E-state index contributed by atoms with van der Waals surface area (Å²) >= 11 is 0. The van der Waals surface area contributed by atoms with Crippen LogP contribution in [0.15, 0.2) is 18.3 Å². The predicted molar refractivity (Wildman–Crippen MR) is 79.2 cm³/mol. The van der Waals surface area contributed by atoms with E-state index in [9.17, 15) is 4.79 Å². The van der Waals surface area contributed by atoms with E-state index in [1.54, 1.807) is 23.2 Å². The zero-order valence-corrected chi connectivity index (χ0v) is 12.2. The van der Waals surface area contributed by atoms with Crippen molar-refractivity contribution in [2.24, 2.45) is 11.8 Å². The van der Waals surface area contributed by atoms with Crippen LogP contribution in [0.2, 0.25) is 0 Å². The number of carbonyl (C=O) groups excluding carboxylic acids is 1. The van der Waals surface area contributed by atoms with Crippen LogP contribution in [-0.2, 0) is 0 Å². The van der Waals surface area contributed by atoms with E-state index < -0.39 is 0 Å². The Hall–Kier alpha value is -1.66. The number of rotatable bonds is 4. The van der Waals surface area contributed by atoms with Gasteiger partial charge in [-0.15, -0.1) is 0 Å². The lowest BCUT2D eigenvalue weighted by molar-refractivity contribution is 0.0741. The summed E-state index contributed by atoms with van der Waals surface area (Å²) in [6.07, 6.45) is 3.88. The summed E-state index contributed by atoms with van der Waals surface area (Å²) < 4.78 is 0. The molecule has 1 aromatic heterocycles. The Morgan fingerprint density at radius 1 is 1.55 bits per heavy atom. The summed E-state index contributed by atoms with van der Waals surface area (Å²) in [5, 5.41) is 0. The molecule has 0 radical (unpaired) electrons. The number of hydrogen-bond donors (Lipinski definition) is 2. The Morgan fingerprint density at radius 2 is 2.25 bits per heavy atom. The Balaban J connectivity index is 1.94. The molecule has 0 aromatic carbocycles. The van der Waals surface area contributed by atoms with Gasteiger partial charge >= 0.3 is 0 Å². The minimum absolute atomic E-state index is 0.0546. The Kier molecular flexibility index (Phi) is 4.92. The number of pyridine rings is 1. The van der Waals surface area contributed by atoms with Gasteiger partial charge in [-0.3, -0.25) is 15.6 Å². The van der Waals surface area contributed by atoms with Gasteiger partial charge in [-0.1, -0.05) is 0 Å². The van der Waals surface area contributed by atoms with Crippen molar-refractivity contribution < 1.29 is 4.79 Å². The first-order valence-electron chi connectivity index (χ1n) is 6.97. The molecular formula is C14H23N5O. The molecule has 1 amide bonds. The van der Waals surface area contributed by atoms with E-state index in [0.29, 0.717) is 17.3 Å². The van der Waals surface area contributed by atoms with Crippen LogP contribution in [-0.4, -0.2) is 54.4 Å². The summed E-state index contributed by atoms with van der Waals surface area (Å²) in [6, 6.07) is 3.40. The first-order valence-corrected chi connectivity index (χ1v) is 6.97. The number of amides is 1. The van der Waals surface area contributed by atoms with Gasteiger partial charge in [0.2, 0.25) is 0 Å². The van der Waals surface area contributed by atoms with E-state index in [2.05, 4.69) is 22.4 Å². The molecule has 0 atom stereocenters. The molecule has 6 heteroatoms. The van der Waals surface area contributed by atoms with Crippen molar-refractivity contribution in [3.8, 4) is 0 Å². The highest BCUT2D eigenvalue weighted by Crippen LogP contribution is 2.18. The highest BCUT2D eigenvalue weighted by Gasteiger charge is 2.21. The van der Waals surface area contributed by atoms with Crippen molar-refractivity contribution in [1.29, 1.82) is 0 Å². The number of aromatic nitrogens is 1. The minimum Gasteiger partial charge on any atom is -0.340 e. The van der Waals surface area contributed by atoms with Crippen LogP contribution >= 0.6 is 0 Å². The zero-order valence-electron chi connectivity index (χ0n) is 12.2. The molecule has 1 aliphatic rings. The molecule has 20 heavy (non-hydrogen) atoms. The normalized spacial score (nSPS) is 16.9. The van der Waals surface area contributed by atoms with E-state index in [-0.39, 0.29) is 5.91 Å². The van der Waals surface area contributed by atoms with E-state index in [1.165, 1.54) is 0 Å². The van der Waals surface area contributed by atoms with Crippen LogP contribution in [0.3, 0.4) is 0 Å². The van der Waals surface area contributed by atoms with Crippen molar-refractivity contribution in [1.82, 2.24) is 14.8 Å². The second-order valence-corrected chi connectivity index (χ2v) is 5.51. The van der Waals surface area contributed by atoms with E-state index in [1.807, 2.05) is 7.05 Å². The monoisotopic (exact) mass is 277 g/mol. The van der Waals surface area contributed by atoms with E-state index >= 15 is 0 Å². The van der Waals surface area contributed by atoms with Crippen LogP contribution in [0.1, 0.15) is 23.3 Å². The molecule has 2 rings (SSSR count). The molecule has 1 fully saturated rings. The number of nitrogen functional groups attached to an aromatic ring is 1. The smallest absolute Gasteiger partial charge is 0.272 e. The molecule has 0 aliphatic carbocycles. The fourth-order valence-corrected chi connectivity index (χ4v) is 2.55. The summed E-state index contributed by atoms with van der Waals surface area (Å²) in [7, 11) is 3.98. The van der Waals surface area contributed by atoms with Gasteiger partial charge in [-0.05, 0) is 51.0 Å². The Bertz CT molecular complexity index is 457. The van der Waals surface area contributed by atoms with Crippen molar-refractivity contribution in [3.05, 3.63) is 24.0 Å². The third-order valence-corrected chi connectivity index (χ3v) is 3.86. The highest BCUT2D eigenvalue weighted by atomic mass is 16.2. The van der Waals surface area contributed by atoms with Crippen LogP contribution in [0, 0.1) is 5.92 Å². The van der Waals surface area contributed by atoms with Gasteiger partial charge in [0.05, 0.1) is 5.69 Å². The molecule has 0 saturated carbocycles. The maximum absolute atomic E-state index is 12.3. The maximum atomic E-state index is 12.3. The molecule has 0 spiro atoms. The molecule has 2 heterocycles. The third kappa shape index (κ3) is 3.68. The lowest BCUT2D eigenvalue weighted by Crippen LogP contribution is -2.38. The lowest BCUT2D eigenvalue weighted by Gasteiger charge is -2.31. The molecule has 1 aliphatic heterocycles. The van der Waals surface area contributed by atoms with Gasteiger partial charge in [0, 0.05) is 19.8 Å². The van der Waals surface area contributed by atoms with E-state index in [0.717, 1.165) is 32.5 Å². The topological polar surface area (TPSA) is 74.5 Å². The first kappa shape index (κ1) is 14.7. The van der Waals surface area contributed by atoms with Gasteiger partial charge in [-0.2, -0.15) is 0 Å². The number of anilines is 1. The summed E-state index contributed by atoms with van der Waals surface area (Å²) in [5.41, 5.74) is 3.65. The molecule has 110 valence electrons. The molecule has 3 N–H and O–H groups in total. The summed E-state index contributed by atoms with van der Waals surface area (Å²) in [4.78, 5) is 20.5. The minimum atomic E-state index is -0.0546. The Morgan fingerprint density at radius 3 is 2.90 bits per heavy atom. The molecule has 1 saturated heterocycles. The SMILES string of the molecule is CN1CCC(CN(C)C(=O)c2cc(NN)ccn2)CC1. The number of hydrogen-bond acceptors (Lipinski definition) is 5. The molecule has 1 aromatic rings. The number of nitrogens with two attached hydrogens (primary N) is 1. The zero-order chi connectivity index (χ0) is 14.5. The summed E-state index contributed by atoms with van der Waals surface area (Å²) in [5.74, 6) is 5.88. The van der Waals surface area contributed by atoms with Crippen LogP contribution in [0.5, 0.6) is 0 Å². The second-order valence-electron chi connectivity index (χ2n) is 5.51. The number of piperidine rings is 1. The maximum Gasteiger partial charge on any atom is 0.272 e. The van der Waals surface area contributed by atoms with Crippen molar-refractivity contribution in [2.45, 2.75) is 12.8 Å². The summed E-state index contributed by atoms with van der Waals surface area (Å²) in [6.45, 7) is 3.00. The Labute approximate surface area is 119 Å². The fourth-order valence-electron chi connectivity index (χ4n) is 2.55. The van der Waals surface area contributed by atoms with Gasteiger partial charge < -0.3 is 15.2 Å². The number of hydrazine groups is 1. The molecule has 6 nitrogen and oxygen atoms in total. The second kappa shape index (κ2) is 6.67. The molecule has 0 unspecified atom stereocenters. The number of likely N-dealkylation sites (tertiary alicyclic amines) is 1. The van der Waals surface area contributed by atoms with Gasteiger partial charge in [0.1, 0.15) is 5.69 Å². The van der Waals surface area contributed by atoms with Crippen molar-refractivity contribution >= 4 is 11.6 Å². The average Bonchev–Trinajstić information content (AvgIpc) is 2.48. The highest BCUT2D eigenvalue weighted by molar-refractivity contribution is 5.92. The largest absolute Gasteiger partial charge is 0.340 e. The number of carbonyl (C=O) groups is 1. The van der Waals surface area contributed by atoms with Gasteiger partial charge in [0.15, 0.2) is 0 Å². The number of nitrogens with zero attached hydrogens (tertiary/aromatic N) is 3. The standard InChI is InChI=1S/C14H23N5O/c1-18-7-4-11(5-8-18)10-19(2)14(20)13-9-12(17-15)3-6-16-13/h3,6,9,11H,4-5,7-8,10,15H2,1-2H3,(H,16,17). The number of nitrogens with one attached hydrogen (secondary N) is 1. The van der Waals surface area contributed by atoms with Crippen LogP contribution < -0.4 is 11.3 Å². The first-order chi connectivity index (χ1) is 9.60. The fraction of sp³-hybridized carbons (Fsp3) is 0.571. The quantitative estimate of drug-likeness (QED) is 0.628. The lowest BCUT2D eigenvalue weighted by atomic mass is 9.96. The van der Waals surface area contributed by atoms with Gasteiger partial charge in [0.25, 0.3) is 5.91 Å². The van der Waals surface area contributed by atoms with Crippen molar-refractivity contribution in [3.63, 3.8) is 0 Å².